The van der Waals surface area contributed by atoms with E-state index in [-0.39, 0.29) is 22.8 Å². The maximum atomic E-state index is 13.3. The lowest BCUT2D eigenvalue weighted by Gasteiger charge is -2.23. The lowest BCUT2D eigenvalue weighted by molar-refractivity contribution is -0.132. The van der Waals surface area contributed by atoms with E-state index >= 15 is 0 Å². The molecule has 34 heavy (non-hydrogen) atoms. The summed E-state index contributed by atoms with van der Waals surface area (Å²) in [5.41, 5.74) is 1.38. The fourth-order valence-corrected chi connectivity index (χ4v) is 5.05. The molecule has 2 N–H and O–H groups in total. The van der Waals surface area contributed by atoms with Crippen LogP contribution in [0.3, 0.4) is 0 Å². The number of rotatable bonds is 4. The molecule has 4 aromatic rings. The number of ether oxygens (including phenoxy) is 1. The Balaban J connectivity index is 1.75. The summed E-state index contributed by atoms with van der Waals surface area (Å²) in [6.45, 7) is 0. The summed E-state index contributed by atoms with van der Waals surface area (Å²) in [5, 5.41) is 22.0. The second-order valence-electron chi connectivity index (χ2n) is 7.57. The Labute approximate surface area is 203 Å². The maximum absolute atomic E-state index is 13.3. The number of halogens is 1. The number of carbonyl (C=O) groups is 2. The highest BCUT2D eigenvalue weighted by atomic mass is 35.5. The summed E-state index contributed by atoms with van der Waals surface area (Å²) in [7, 11) is 1.40. The molecule has 7 nitrogen and oxygen atoms in total. The SMILES string of the molecule is COc1cc(C2C(=C(O)c3ccc(Cl)cc3)C(=O)C(=O)N2c2nc3ccccc3s2)ccc1O. The summed E-state index contributed by atoms with van der Waals surface area (Å²) in [6, 6.07) is 17.2. The zero-order valence-electron chi connectivity index (χ0n) is 17.7. The number of Topliss-reactive ketones (excluding diaryl/α,β-unsaturated/α-hetero) is 1. The van der Waals surface area contributed by atoms with Gasteiger partial charge in [-0.3, -0.25) is 14.5 Å². The first-order chi connectivity index (χ1) is 16.4. The van der Waals surface area contributed by atoms with Gasteiger partial charge in [-0.1, -0.05) is 41.1 Å². The van der Waals surface area contributed by atoms with E-state index in [9.17, 15) is 19.8 Å². The predicted octanol–water partition coefficient (Wildman–Crippen LogP) is 5.29. The highest BCUT2D eigenvalue weighted by Crippen LogP contribution is 2.45. The Kier molecular flexibility index (Phi) is 5.47. The van der Waals surface area contributed by atoms with E-state index in [0.29, 0.717) is 26.8 Å². The number of methoxy groups -OCH3 is 1. The lowest BCUT2D eigenvalue weighted by Crippen LogP contribution is -2.29. The number of phenols is 1. The van der Waals surface area contributed by atoms with Gasteiger partial charge in [0.05, 0.1) is 28.9 Å². The normalized spacial score (nSPS) is 17.5. The summed E-state index contributed by atoms with van der Waals surface area (Å²) in [4.78, 5) is 32.4. The van der Waals surface area contributed by atoms with Crippen LogP contribution in [0.5, 0.6) is 11.5 Å². The number of carbonyl (C=O) groups excluding carboxylic acids is 2. The predicted molar refractivity (Wildman–Crippen MR) is 131 cm³/mol. The highest BCUT2D eigenvalue weighted by molar-refractivity contribution is 7.22. The van der Waals surface area contributed by atoms with Gasteiger partial charge in [-0.05, 0) is 54.1 Å². The van der Waals surface area contributed by atoms with E-state index in [1.54, 1.807) is 30.3 Å². The topological polar surface area (TPSA) is 100.0 Å². The first-order valence-electron chi connectivity index (χ1n) is 10.2. The molecule has 1 aliphatic heterocycles. The van der Waals surface area contributed by atoms with Gasteiger partial charge < -0.3 is 14.9 Å². The zero-order chi connectivity index (χ0) is 24.0. The Bertz CT molecular complexity index is 1450. The van der Waals surface area contributed by atoms with Gasteiger partial charge in [-0.15, -0.1) is 0 Å². The average Bonchev–Trinajstić information content (AvgIpc) is 3.38. The first-order valence-corrected chi connectivity index (χ1v) is 11.4. The zero-order valence-corrected chi connectivity index (χ0v) is 19.3. The average molecular weight is 493 g/mol. The standard InChI is InChI=1S/C25H17ClN2O5S/c1-33-18-12-14(8-11-17(18)29)21-20(22(30)13-6-9-15(26)10-7-13)23(31)24(32)28(21)25-27-16-4-2-3-5-19(16)34-25/h2-12,21,29-30H,1H3. The summed E-state index contributed by atoms with van der Waals surface area (Å²) in [6.07, 6.45) is 0. The van der Waals surface area contributed by atoms with Gasteiger partial charge in [0.25, 0.3) is 5.78 Å². The molecule has 0 spiro atoms. The van der Waals surface area contributed by atoms with E-state index in [1.807, 2.05) is 24.3 Å². The van der Waals surface area contributed by atoms with Crippen LogP contribution in [0.25, 0.3) is 16.0 Å². The fraction of sp³-hybridized carbons (Fsp3) is 0.0800. The Morgan fingerprint density at radius 3 is 2.53 bits per heavy atom. The van der Waals surface area contributed by atoms with Crippen LogP contribution in [0, 0.1) is 0 Å². The van der Waals surface area contributed by atoms with Crippen molar-refractivity contribution in [3.63, 3.8) is 0 Å². The van der Waals surface area contributed by atoms with Crippen molar-refractivity contribution in [2.24, 2.45) is 0 Å². The summed E-state index contributed by atoms with van der Waals surface area (Å²) in [5.74, 6) is -1.93. The molecule has 2 heterocycles. The molecule has 1 aromatic heterocycles. The number of aliphatic hydroxyl groups is 1. The number of phenolic OH excluding ortho intramolecular Hbond substituents is 1. The molecule has 0 aliphatic carbocycles. The van der Waals surface area contributed by atoms with Crippen molar-refractivity contribution >= 4 is 55.7 Å². The van der Waals surface area contributed by atoms with E-state index in [4.69, 9.17) is 16.3 Å². The number of amides is 1. The molecule has 170 valence electrons. The van der Waals surface area contributed by atoms with Crippen molar-refractivity contribution in [1.82, 2.24) is 4.98 Å². The number of para-hydroxylation sites is 1. The molecule has 9 heteroatoms. The van der Waals surface area contributed by atoms with Gasteiger partial charge in [0.15, 0.2) is 16.6 Å². The largest absolute Gasteiger partial charge is 0.507 e. The minimum atomic E-state index is -0.995. The van der Waals surface area contributed by atoms with Crippen molar-refractivity contribution in [2.45, 2.75) is 6.04 Å². The Hall–Kier alpha value is -3.88. The van der Waals surface area contributed by atoms with Gasteiger partial charge in [-0.25, -0.2) is 4.98 Å². The number of hydrogen-bond donors (Lipinski definition) is 2. The molecule has 1 saturated heterocycles. The van der Waals surface area contributed by atoms with Crippen LogP contribution < -0.4 is 9.64 Å². The number of aromatic hydroxyl groups is 1. The number of fused-ring (bicyclic) bond motifs is 1. The smallest absolute Gasteiger partial charge is 0.301 e. The van der Waals surface area contributed by atoms with E-state index < -0.39 is 17.7 Å². The minimum Gasteiger partial charge on any atom is -0.507 e. The first kappa shape index (κ1) is 21.9. The number of hydrogen-bond acceptors (Lipinski definition) is 7. The van der Waals surface area contributed by atoms with Gasteiger partial charge in [0.2, 0.25) is 0 Å². The summed E-state index contributed by atoms with van der Waals surface area (Å²) < 4.78 is 6.08. The van der Waals surface area contributed by atoms with Crippen LogP contribution in [-0.2, 0) is 9.59 Å². The number of ketones is 1. The van der Waals surface area contributed by atoms with Crippen molar-refractivity contribution in [1.29, 1.82) is 0 Å². The molecule has 0 bridgehead atoms. The molecule has 0 radical (unpaired) electrons. The van der Waals surface area contributed by atoms with E-state index in [0.717, 1.165) is 4.70 Å². The summed E-state index contributed by atoms with van der Waals surface area (Å²) >= 11 is 7.23. The molecular formula is C25H17ClN2O5S. The van der Waals surface area contributed by atoms with Crippen LogP contribution in [-0.4, -0.2) is 34.0 Å². The number of benzene rings is 3. The lowest BCUT2D eigenvalue weighted by atomic mass is 9.95. The third-order valence-electron chi connectivity index (χ3n) is 5.57. The maximum Gasteiger partial charge on any atom is 0.301 e. The van der Waals surface area contributed by atoms with E-state index in [1.165, 1.54) is 35.5 Å². The van der Waals surface area contributed by atoms with Gasteiger partial charge >= 0.3 is 5.91 Å². The molecular weight excluding hydrogens is 476 g/mol. The van der Waals surface area contributed by atoms with Crippen LogP contribution >= 0.6 is 22.9 Å². The Morgan fingerprint density at radius 1 is 1.09 bits per heavy atom. The van der Waals surface area contributed by atoms with Gasteiger partial charge in [-0.2, -0.15) is 0 Å². The van der Waals surface area contributed by atoms with Crippen LogP contribution in [0.2, 0.25) is 5.02 Å². The van der Waals surface area contributed by atoms with Crippen molar-refractivity contribution in [3.05, 3.63) is 88.5 Å². The third-order valence-corrected chi connectivity index (χ3v) is 6.86. The van der Waals surface area contributed by atoms with Crippen molar-refractivity contribution in [3.8, 4) is 11.5 Å². The van der Waals surface area contributed by atoms with E-state index in [2.05, 4.69) is 4.98 Å². The number of anilines is 1. The molecule has 1 unspecified atom stereocenters. The van der Waals surface area contributed by atoms with Crippen molar-refractivity contribution < 1.29 is 24.5 Å². The molecule has 1 fully saturated rings. The number of thiazole rings is 1. The number of aliphatic hydroxyl groups excluding tert-OH is 1. The fourth-order valence-electron chi connectivity index (χ4n) is 3.94. The van der Waals surface area contributed by atoms with Crippen LogP contribution in [0.15, 0.2) is 72.3 Å². The van der Waals surface area contributed by atoms with Crippen LogP contribution in [0.1, 0.15) is 17.2 Å². The van der Waals surface area contributed by atoms with Gasteiger partial charge in [0, 0.05) is 10.6 Å². The molecule has 1 atom stereocenters. The molecule has 0 saturated carbocycles. The quantitative estimate of drug-likeness (QED) is 0.228. The highest BCUT2D eigenvalue weighted by Gasteiger charge is 2.48. The monoisotopic (exact) mass is 492 g/mol. The molecule has 5 rings (SSSR count). The second kappa shape index (κ2) is 8.48. The molecule has 3 aromatic carbocycles. The molecule has 1 aliphatic rings. The molecule has 1 amide bonds. The third kappa shape index (κ3) is 3.57. The Morgan fingerprint density at radius 2 is 1.82 bits per heavy atom. The number of aromatic nitrogens is 1. The van der Waals surface area contributed by atoms with Gasteiger partial charge in [0.1, 0.15) is 5.76 Å². The number of nitrogens with zero attached hydrogens (tertiary/aromatic N) is 2. The van der Waals surface area contributed by atoms with Crippen molar-refractivity contribution in [2.75, 3.05) is 12.0 Å². The minimum absolute atomic E-state index is 0.0964. The second-order valence-corrected chi connectivity index (χ2v) is 9.02. The van der Waals surface area contributed by atoms with Crippen LogP contribution in [0.4, 0.5) is 5.13 Å².